The van der Waals surface area contributed by atoms with Gasteiger partial charge in [-0.15, -0.1) is 11.3 Å². The second-order valence-corrected chi connectivity index (χ2v) is 6.92. The van der Waals surface area contributed by atoms with Gasteiger partial charge >= 0.3 is 5.97 Å². The molecule has 4 nitrogen and oxygen atoms in total. The van der Waals surface area contributed by atoms with Crippen LogP contribution in [0.4, 0.5) is 5.00 Å². The summed E-state index contributed by atoms with van der Waals surface area (Å²) in [7, 11) is 0. The van der Waals surface area contributed by atoms with Crippen LogP contribution in [0.25, 0.3) is 10.9 Å². The number of esters is 1. The standard InChI is InChI=1S/C18H17ClN2O2S/c1-4-23-18(22)15-10(2)11(3)24-17(15)20-9-14-16(19)12-7-5-6-8-13(12)21-14/h5-9,21H,4H2,1-3H3. The predicted octanol–water partition coefficient (Wildman–Crippen LogP) is 5.43. The zero-order valence-corrected chi connectivity index (χ0v) is 15.2. The number of ether oxygens (including phenoxy) is 1. The molecule has 0 atom stereocenters. The van der Waals surface area contributed by atoms with Crippen LogP contribution in [0, 0.1) is 13.8 Å². The molecule has 3 aromatic rings. The number of carbonyl (C=O) groups excluding carboxylic acids is 1. The molecule has 0 unspecified atom stereocenters. The first-order valence-electron chi connectivity index (χ1n) is 7.60. The van der Waals surface area contributed by atoms with Gasteiger partial charge in [0.05, 0.1) is 29.1 Å². The minimum absolute atomic E-state index is 0.337. The maximum Gasteiger partial charge on any atom is 0.341 e. The highest BCUT2D eigenvalue weighted by molar-refractivity contribution is 7.16. The van der Waals surface area contributed by atoms with Crippen molar-refractivity contribution in [1.82, 2.24) is 4.98 Å². The zero-order chi connectivity index (χ0) is 17.3. The summed E-state index contributed by atoms with van der Waals surface area (Å²) in [6.45, 7) is 6.01. The third-order valence-corrected chi connectivity index (χ3v) is 5.35. The van der Waals surface area contributed by atoms with Crippen molar-refractivity contribution in [1.29, 1.82) is 0 Å². The molecule has 1 N–H and O–H groups in total. The lowest BCUT2D eigenvalue weighted by molar-refractivity contribution is 0.0527. The Morgan fingerprint density at radius 2 is 2.12 bits per heavy atom. The lowest BCUT2D eigenvalue weighted by Crippen LogP contribution is -2.05. The number of halogens is 1. The number of H-pyrrole nitrogens is 1. The summed E-state index contributed by atoms with van der Waals surface area (Å²) < 4.78 is 5.15. The molecule has 0 bridgehead atoms. The number of carbonyl (C=O) groups is 1. The molecular formula is C18H17ClN2O2S. The van der Waals surface area contributed by atoms with Crippen molar-refractivity contribution in [2.24, 2.45) is 4.99 Å². The Kier molecular flexibility index (Phi) is 4.73. The van der Waals surface area contributed by atoms with Crippen molar-refractivity contribution in [3.8, 4) is 0 Å². The van der Waals surface area contributed by atoms with Crippen LogP contribution in [0.5, 0.6) is 0 Å². The van der Waals surface area contributed by atoms with Gasteiger partial charge < -0.3 is 9.72 Å². The number of hydrogen-bond acceptors (Lipinski definition) is 4. The number of nitrogens with one attached hydrogen (secondary N) is 1. The van der Waals surface area contributed by atoms with E-state index in [1.807, 2.05) is 38.1 Å². The lowest BCUT2D eigenvalue weighted by atomic mass is 10.1. The van der Waals surface area contributed by atoms with Crippen LogP contribution in [0.2, 0.25) is 5.02 Å². The van der Waals surface area contributed by atoms with Gasteiger partial charge in [-0.2, -0.15) is 0 Å². The van der Waals surface area contributed by atoms with Crippen LogP contribution >= 0.6 is 22.9 Å². The van der Waals surface area contributed by atoms with Crippen molar-refractivity contribution in [2.75, 3.05) is 6.61 Å². The fourth-order valence-corrected chi connectivity index (χ4v) is 3.73. The van der Waals surface area contributed by atoms with Crippen LogP contribution in [0.1, 0.15) is 33.4 Å². The quantitative estimate of drug-likeness (QED) is 0.498. The van der Waals surface area contributed by atoms with Gasteiger partial charge in [0.15, 0.2) is 0 Å². The summed E-state index contributed by atoms with van der Waals surface area (Å²) in [5.74, 6) is -0.339. The monoisotopic (exact) mass is 360 g/mol. The molecule has 0 amide bonds. The van der Waals surface area contributed by atoms with Crippen molar-refractivity contribution in [3.63, 3.8) is 0 Å². The van der Waals surface area contributed by atoms with Crippen LogP contribution in [-0.4, -0.2) is 23.8 Å². The maximum absolute atomic E-state index is 12.2. The first-order chi connectivity index (χ1) is 11.5. The number of fused-ring (bicyclic) bond motifs is 1. The van der Waals surface area contributed by atoms with Gasteiger partial charge in [-0.3, -0.25) is 0 Å². The molecule has 24 heavy (non-hydrogen) atoms. The minimum atomic E-state index is -0.339. The van der Waals surface area contributed by atoms with Crippen LogP contribution in [-0.2, 0) is 4.74 Å². The molecule has 2 heterocycles. The summed E-state index contributed by atoms with van der Waals surface area (Å²) in [6.07, 6.45) is 1.66. The van der Waals surface area contributed by atoms with Gasteiger partial charge in [-0.25, -0.2) is 9.79 Å². The average Bonchev–Trinajstić information content (AvgIpc) is 3.03. The Morgan fingerprint density at radius 3 is 2.83 bits per heavy atom. The Hall–Kier alpha value is -2.11. The van der Waals surface area contributed by atoms with Crippen molar-refractivity contribution >= 4 is 51.0 Å². The fraction of sp³-hybridized carbons (Fsp3) is 0.222. The summed E-state index contributed by atoms with van der Waals surface area (Å²) in [6, 6.07) is 7.80. The van der Waals surface area contributed by atoms with E-state index in [2.05, 4.69) is 9.98 Å². The number of rotatable bonds is 4. The highest BCUT2D eigenvalue weighted by Gasteiger charge is 2.20. The maximum atomic E-state index is 12.2. The number of para-hydroxylation sites is 1. The second-order valence-electron chi connectivity index (χ2n) is 5.34. The number of aliphatic imine (C=N–C) groups is 1. The van der Waals surface area contributed by atoms with E-state index in [0.717, 1.165) is 27.0 Å². The van der Waals surface area contributed by atoms with Crippen LogP contribution < -0.4 is 0 Å². The number of thiophene rings is 1. The molecular weight excluding hydrogens is 344 g/mol. The van der Waals surface area contributed by atoms with E-state index in [4.69, 9.17) is 16.3 Å². The van der Waals surface area contributed by atoms with Gasteiger partial charge in [0.2, 0.25) is 0 Å². The summed E-state index contributed by atoms with van der Waals surface area (Å²) >= 11 is 7.87. The first-order valence-corrected chi connectivity index (χ1v) is 8.79. The van der Waals surface area contributed by atoms with Crippen LogP contribution in [0.15, 0.2) is 29.3 Å². The number of aromatic amines is 1. The third kappa shape index (κ3) is 2.97. The van der Waals surface area contributed by atoms with Gasteiger partial charge in [-0.05, 0) is 32.4 Å². The third-order valence-electron chi connectivity index (χ3n) is 3.83. The largest absolute Gasteiger partial charge is 0.462 e. The lowest BCUT2D eigenvalue weighted by Gasteiger charge is -2.02. The minimum Gasteiger partial charge on any atom is -0.462 e. The molecule has 1 aromatic carbocycles. The molecule has 0 fully saturated rings. The van der Waals surface area contributed by atoms with Crippen molar-refractivity contribution in [3.05, 3.63) is 51.0 Å². The van der Waals surface area contributed by atoms with Gasteiger partial charge in [0.25, 0.3) is 0 Å². The smallest absolute Gasteiger partial charge is 0.341 e. The SMILES string of the molecule is CCOC(=O)c1c(N=Cc2[nH]c3ccccc3c2Cl)sc(C)c1C. The predicted molar refractivity (Wildman–Crippen MR) is 100 cm³/mol. The number of aryl methyl sites for hydroxylation is 1. The Labute approximate surface area is 149 Å². The molecule has 0 radical (unpaired) electrons. The first kappa shape index (κ1) is 16.7. The molecule has 0 aliphatic carbocycles. The molecule has 0 aliphatic rings. The van der Waals surface area contributed by atoms with Gasteiger partial charge in [0.1, 0.15) is 5.00 Å². The topological polar surface area (TPSA) is 54.4 Å². The van der Waals surface area contributed by atoms with Crippen molar-refractivity contribution < 1.29 is 9.53 Å². The van der Waals surface area contributed by atoms with Gasteiger partial charge in [0, 0.05) is 15.8 Å². The summed E-state index contributed by atoms with van der Waals surface area (Å²) in [5, 5.41) is 2.21. The number of hydrogen-bond donors (Lipinski definition) is 1. The molecule has 0 saturated carbocycles. The molecule has 3 rings (SSSR count). The molecule has 6 heteroatoms. The van der Waals surface area contributed by atoms with E-state index in [-0.39, 0.29) is 5.97 Å². The zero-order valence-electron chi connectivity index (χ0n) is 13.6. The number of benzene rings is 1. The molecule has 0 saturated heterocycles. The van der Waals surface area contributed by atoms with E-state index < -0.39 is 0 Å². The Balaban J connectivity index is 2.01. The highest BCUT2D eigenvalue weighted by Crippen LogP contribution is 2.35. The normalized spacial score (nSPS) is 11.5. The van der Waals surface area contributed by atoms with Crippen molar-refractivity contribution in [2.45, 2.75) is 20.8 Å². The number of aromatic nitrogens is 1. The number of nitrogens with zero attached hydrogens (tertiary/aromatic N) is 1. The van der Waals surface area contributed by atoms with E-state index in [9.17, 15) is 4.79 Å². The molecule has 124 valence electrons. The second kappa shape index (κ2) is 6.79. The Morgan fingerprint density at radius 1 is 1.38 bits per heavy atom. The van der Waals surface area contributed by atoms with E-state index in [1.54, 1.807) is 13.1 Å². The molecule has 0 spiro atoms. The van der Waals surface area contributed by atoms with E-state index in [0.29, 0.717) is 22.2 Å². The van der Waals surface area contributed by atoms with Crippen LogP contribution in [0.3, 0.4) is 0 Å². The highest BCUT2D eigenvalue weighted by atomic mass is 35.5. The van der Waals surface area contributed by atoms with E-state index >= 15 is 0 Å². The average molecular weight is 361 g/mol. The van der Waals surface area contributed by atoms with E-state index in [1.165, 1.54) is 11.3 Å². The summed E-state index contributed by atoms with van der Waals surface area (Å²) in [4.78, 5) is 21.0. The van der Waals surface area contributed by atoms with Gasteiger partial charge in [-0.1, -0.05) is 29.8 Å². The Bertz CT molecular complexity index is 940. The fourth-order valence-electron chi connectivity index (χ4n) is 2.48. The molecule has 0 aliphatic heterocycles. The summed E-state index contributed by atoms with van der Waals surface area (Å²) in [5.41, 5.74) is 3.11. The molecule has 2 aromatic heterocycles.